The van der Waals surface area contributed by atoms with Crippen LogP contribution in [-0.2, 0) is 12.8 Å². The predicted octanol–water partition coefficient (Wildman–Crippen LogP) is 14.6. The van der Waals surface area contributed by atoms with Crippen LogP contribution in [0.1, 0.15) is 86.8 Å². The molecule has 8 rings (SSSR count). The molecule has 5 aromatic carbocycles. The first-order valence-corrected chi connectivity index (χ1v) is 20.1. The van der Waals surface area contributed by atoms with Crippen LogP contribution in [0.4, 0.5) is 0 Å². The first-order valence-electron chi connectivity index (χ1n) is 20.1. The lowest BCUT2D eigenvalue weighted by Crippen LogP contribution is -2.06. The lowest BCUT2D eigenvalue weighted by Gasteiger charge is -2.19. The Bertz CT molecular complexity index is 2150. The second-order valence-electron chi connectivity index (χ2n) is 13.5. The molecule has 5 aromatic rings. The van der Waals surface area contributed by atoms with Crippen LogP contribution in [-0.4, -0.2) is 6.72 Å². The Morgan fingerprint density at radius 3 is 2.09 bits per heavy atom. The van der Waals surface area contributed by atoms with E-state index in [0.717, 1.165) is 61.3 Å². The molecule has 2 nitrogen and oxygen atoms in total. The minimum absolute atomic E-state index is 0.451. The Balaban J connectivity index is 0.000000465. The molecule has 0 amide bonds. The van der Waals surface area contributed by atoms with E-state index in [2.05, 4.69) is 164 Å². The first kappa shape index (κ1) is 40.5. The lowest BCUT2D eigenvalue weighted by molar-refractivity contribution is 0.426. The quantitative estimate of drug-likeness (QED) is 0.165. The molecule has 2 aliphatic carbocycles. The lowest BCUT2D eigenvalue weighted by atomic mass is 9.87. The SMILES string of the molecule is C=N/C(=C\CC1C=CC(c2ccccc2)=CC1)c1ccc2c(c1)CC1=C(C=CCC1)Oc1ccccc1Cc1ccccc1-2.CC.CC.Cc1ccccc1. The van der Waals surface area contributed by atoms with Gasteiger partial charge in [-0.25, -0.2) is 0 Å². The predicted molar refractivity (Wildman–Crippen MR) is 239 cm³/mol. The number of allylic oxidation sites excluding steroid dienone is 8. The molecular weight excluding hydrogens is 667 g/mol. The molecule has 280 valence electrons. The summed E-state index contributed by atoms with van der Waals surface area (Å²) >= 11 is 0. The Hall–Kier alpha value is -5.73. The minimum Gasteiger partial charge on any atom is -0.457 e. The third-order valence-electron chi connectivity index (χ3n) is 9.94. The van der Waals surface area contributed by atoms with Crippen molar-refractivity contribution in [2.24, 2.45) is 10.9 Å². The normalized spacial score (nSPS) is 15.5. The highest BCUT2D eigenvalue weighted by Crippen LogP contribution is 2.38. The topological polar surface area (TPSA) is 21.6 Å². The van der Waals surface area contributed by atoms with Gasteiger partial charge < -0.3 is 4.74 Å². The zero-order valence-electron chi connectivity index (χ0n) is 33.5. The van der Waals surface area contributed by atoms with E-state index in [9.17, 15) is 0 Å². The summed E-state index contributed by atoms with van der Waals surface area (Å²) in [5.41, 5.74) is 13.7. The van der Waals surface area contributed by atoms with E-state index in [0.29, 0.717) is 5.92 Å². The Morgan fingerprint density at radius 1 is 0.727 bits per heavy atom. The number of hydrogen-bond acceptors (Lipinski definition) is 2. The number of benzene rings is 5. The monoisotopic (exact) mass is 723 g/mol. The van der Waals surface area contributed by atoms with Gasteiger partial charge in [0.2, 0.25) is 0 Å². The van der Waals surface area contributed by atoms with Crippen LogP contribution in [0.3, 0.4) is 0 Å². The molecule has 3 aliphatic rings. The number of fused-ring (bicyclic) bond motifs is 4. The molecule has 0 saturated heterocycles. The van der Waals surface area contributed by atoms with Crippen LogP contribution in [0.2, 0.25) is 0 Å². The van der Waals surface area contributed by atoms with Crippen molar-refractivity contribution in [2.75, 3.05) is 0 Å². The maximum absolute atomic E-state index is 6.64. The molecule has 0 aromatic heterocycles. The summed E-state index contributed by atoms with van der Waals surface area (Å²) in [7, 11) is 0. The van der Waals surface area contributed by atoms with Gasteiger partial charge in [-0.15, -0.1) is 0 Å². The molecule has 1 atom stereocenters. The number of para-hydroxylation sites is 1. The fourth-order valence-electron chi connectivity index (χ4n) is 7.13. The number of hydrogen-bond donors (Lipinski definition) is 0. The van der Waals surface area contributed by atoms with Gasteiger partial charge in [-0.2, -0.15) is 0 Å². The highest BCUT2D eigenvalue weighted by Gasteiger charge is 2.20. The van der Waals surface area contributed by atoms with E-state index in [4.69, 9.17) is 4.74 Å². The van der Waals surface area contributed by atoms with Crippen LogP contribution in [0, 0.1) is 12.8 Å². The van der Waals surface area contributed by atoms with Gasteiger partial charge in [0.15, 0.2) is 0 Å². The third kappa shape index (κ3) is 10.9. The van der Waals surface area contributed by atoms with Gasteiger partial charge in [-0.3, -0.25) is 4.99 Å². The van der Waals surface area contributed by atoms with Crippen molar-refractivity contribution in [3.8, 4) is 16.9 Å². The molecule has 1 aliphatic heterocycles. The summed E-state index contributed by atoms with van der Waals surface area (Å²) in [6, 6.07) is 45.0. The van der Waals surface area contributed by atoms with Crippen molar-refractivity contribution in [2.45, 2.75) is 73.1 Å². The van der Waals surface area contributed by atoms with Crippen molar-refractivity contribution in [3.63, 3.8) is 0 Å². The average Bonchev–Trinajstić information content (AvgIpc) is 3.27. The largest absolute Gasteiger partial charge is 0.457 e. The van der Waals surface area contributed by atoms with Crippen LogP contribution >= 0.6 is 0 Å². The number of nitrogens with zero attached hydrogens (tertiary/aromatic N) is 1. The van der Waals surface area contributed by atoms with Crippen molar-refractivity contribution >= 4 is 18.0 Å². The fraction of sp³-hybridized carbons (Fsp3) is 0.226. The Kier molecular flexibility index (Phi) is 15.6. The maximum Gasteiger partial charge on any atom is 0.130 e. The molecule has 0 spiro atoms. The van der Waals surface area contributed by atoms with Crippen LogP contribution in [0.15, 0.2) is 180 Å². The van der Waals surface area contributed by atoms with Gasteiger partial charge in [0.1, 0.15) is 11.5 Å². The molecule has 0 radical (unpaired) electrons. The summed E-state index contributed by atoms with van der Waals surface area (Å²) in [6.45, 7) is 14.1. The highest BCUT2D eigenvalue weighted by molar-refractivity contribution is 5.77. The number of aliphatic imine (C=N–C) groups is 1. The van der Waals surface area contributed by atoms with Crippen molar-refractivity contribution < 1.29 is 4.74 Å². The van der Waals surface area contributed by atoms with Gasteiger partial charge in [0.25, 0.3) is 0 Å². The standard InChI is InChI=1S/C42H37NO.C7H8.2C2H6/c1-43-40(26-21-30-19-22-32(23-20-30)31-11-3-2-4-12-31)34-24-25-39-37(28-34)29-36-15-7-10-18-42(36)44-41-17-9-6-14-35(41)27-33-13-5-8-16-38(33)39;1-7-5-3-2-4-6-7;2*1-2/h2-6,8-14,16-19,22-26,28,30H,1,7,15,20-21,27,29H2;2-6H,1H3;2*1-2H3/b40-26-;;;. The van der Waals surface area contributed by atoms with Crippen LogP contribution in [0.5, 0.6) is 5.75 Å². The van der Waals surface area contributed by atoms with Gasteiger partial charge >= 0.3 is 0 Å². The van der Waals surface area contributed by atoms with E-state index in [1.807, 2.05) is 45.9 Å². The summed E-state index contributed by atoms with van der Waals surface area (Å²) in [5.74, 6) is 2.37. The van der Waals surface area contributed by atoms with Gasteiger partial charge in [-0.05, 0) is 114 Å². The molecule has 0 saturated carbocycles. The smallest absolute Gasteiger partial charge is 0.130 e. The zero-order valence-corrected chi connectivity index (χ0v) is 33.5. The summed E-state index contributed by atoms with van der Waals surface area (Å²) in [5, 5.41) is 0. The van der Waals surface area contributed by atoms with E-state index in [1.165, 1.54) is 50.1 Å². The van der Waals surface area contributed by atoms with Crippen molar-refractivity contribution in [3.05, 3.63) is 209 Å². The average molecular weight is 724 g/mol. The second-order valence-corrected chi connectivity index (χ2v) is 13.5. The van der Waals surface area contributed by atoms with Crippen LogP contribution < -0.4 is 4.74 Å². The van der Waals surface area contributed by atoms with Crippen molar-refractivity contribution in [1.29, 1.82) is 0 Å². The highest BCUT2D eigenvalue weighted by atomic mass is 16.5. The molecule has 2 heteroatoms. The molecule has 0 N–H and O–H groups in total. The Labute approximate surface area is 331 Å². The molecule has 1 unspecified atom stereocenters. The fourth-order valence-corrected chi connectivity index (χ4v) is 7.13. The van der Waals surface area contributed by atoms with E-state index in [-0.39, 0.29) is 0 Å². The molecule has 55 heavy (non-hydrogen) atoms. The second kappa shape index (κ2) is 21.2. The maximum atomic E-state index is 6.64. The number of rotatable bonds is 5. The van der Waals surface area contributed by atoms with E-state index in [1.54, 1.807) is 0 Å². The van der Waals surface area contributed by atoms with Gasteiger partial charge in [0.05, 0.1) is 5.70 Å². The number of aryl methyl sites for hydroxylation is 1. The molecule has 0 fully saturated rings. The minimum atomic E-state index is 0.451. The van der Waals surface area contributed by atoms with Crippen molar-refractivity contribution in [1.82, 2.24) is 0 Å². The van der Waals surface area contributed by atoms with E-state index < -0.39 is 0 Å². The zero-order chi connectivity index (χ0) is 38.8. The first-order chi connectivity index (χ1) is 27.1. The molecular formula is C53H57NO. The summed E-state index contributed by atoms with van der Waals surface area (Å²) in [4.78, 5) is 4.52. The van der Waals surface area contributed by atoms with Gasteiger partial charge in [-0.1, -0.05) is 179 Å². The summed E-state index contributed by atoms with van der Waals surface area (Å²) in [6.07, 6.45) is 19.2. The number of ether oxygens (including phenoxy) is 1. The molecule has 1 heterocycles. The van der Waals surface area contributed by atoms with E-state index >= 15 is 0 Å². The molecule has 0 bridgehead atoms. The van der Waals surface area contributed by atoms with Crippen LogP contribution in [0.25, 0.3) is 22.4 Å². The van der Waals surface area contributed by atoms with Gasteiger partial charge in [0, 0.05) is 12.0 Å². The third-order valence-corrected chi connectivity index (χ3v) is 9.94. The summed E-state index contributed by atoms with van der Waals surface area (Å²) < 4.78 is 6.64. The Morgan fingerprint density at radius 2 is 1.40 bits per heavy atom.